The molecule has 0 aliphatic heterocycles. The first kappa shape index (κ1) is 14.2. The van der Waals surface area contributed by atoms with E-state index in [2.05, 4.69) is 21.7 Å². The van der Waals surface area contributed by atoms with E-state index in [4.69, 9.17) is 15.9 Å². The van der Waals surface area contributed by atoms with Crippen LogP contribution in [0.25, 0.3) is 0 Å². The average molecular weight is 255 g/mol. The minimum absolute atomic E-state index is 0.253. The van der Waals surface area contributed by atoms with Crippen LogP contribution in [-0.2, 0) is 11.2 Å². The van der Waals surface area contributed by atoms with Crippen molar-refractivity contribution < 1.29 is 4.74 Å². The molecule has 0 radical (unpaired) electrons. The molecule has 0 saturated carbocycles. The number of thiophene rings is 1. The highest BCUT2D eigenvalue weighted by Gasteiger charge is 2.06. The van der Waals surface area contributed by atoms with Crippen LogP contribution in [0.2, 0.25) is 0 Å². The predicted octanol–water partition coefficient (Wildman–Crippen LogP) is 1.57. The van der Waals surface area contributed by atoms with Crippen LogP contribution in [0.3, 0.4) is 0 Å². The molecule has 0 bridgehead atoms. The number of hydrogen-bond donors (Lipinski definition) is 2. The second-order valence-corrected chi connectivity index (χ2v) is 4.77. The highest BCUT2D eigenvalue weighted by atomic mass is 32.1. The molecule has 0 unspecified atom stereocenters. The van der Waals surface area contributed by atoms with Gasteiger partial charge in [0.05, 0.1) is 12.4 Å². The van der Waals surface area contributed by atoms with E-state index in [1.54, 1.807) is 18.4 Å². The van der Waals surface area contributed by atoms with E-state index in [-0.39, 0.29) is 5.84 Å². The molecular weight excluding hydrogens is 234 g/mol. The van der Waals surface area contributed by atoms with Gasteiger partial charge in [0, 0.05) is 33.2 Å². The molecular formula is C12H21N3OS. The van der Waals surface area contributed by atoms with Crippen molar-refractivity contribution >= 4 is 17.2 Å². The standard InChI is InChI=1S/C12H21N3OS/c1-16-8-7-15(6-3-12(13)14)5-2-11-4-9-17-10-11/h4,9-10H,2-3,5-8H2,1H3,(H3,13,14). The van der Waals surface area contributed by atoms with Gasteiger partial charge in [0.2, 0.25) is 0 Å². The van der Waals surface area contributed by atoms with Crippen molar-refractivity contribution in [2.75, 3.05) is 33.4 Å². The number of nitrogens with one attached hydrogen (secondary N) is 1. The largest absolute Gasteiger partial charge is 0.388 e. The lowest BCUT2D eigenvalue weighted by atomic mass is 10.2. The minimum atomic E-state index is 0.253. The molecule has 0 saturated heterocycles. The van der Waals surface area contributed by atoms with Crippen LogP contribution in [0.1, 0.15) is 12.0 Å². The zero-order chi connectivity index (χ0) is 12.5. The number of hydrogen-bond acceptors (Lipinski definition) is 4. The molecule has 0 atom stereocenters. The summed E-state index contributed by atoms with van der Waals surface area (Å²) in [6, 6.07) is 2.16. The monoisotopic (exact) mass is 255 g/mol. The molecule has 5 heteroatoms. The van der Waals surface area contributed by atoms with Crippen LogP contribution in [0, 0.1) is 5.41 Å². The van der Waals surface area contributed by atoms with E-state index in [0.29, 0.717) is 6.42 Å². The van der Waals surface area contributed by atoms with Gasteiger partial charge < -0.3 is 15.4 Å². The Morgan fingerprint density at radius 2 is 2.29 bits per heavy atom. The maximum absolute atomic E-state index is 7.26. The summed E-state index contributed by atoms with van der Waals surface area (Å²) in [6.45, 7) is 3.45. The molecule has 4 nitrogen and oxygen atoms in total. The van der Waals surface area contributed by atoms with Crippen LogP contribution in [0.4, 0.5) is 0 Å². The quantitative estimate of drug-likeness (QED) is 0.520. The SMILES string of the molecule is COCCN(CCC(=N)N)CCc1ccsc1. The third-order valence-electron chi connectivity index (χ3n) is 2.61. The molecule has 1 heterocycles. The van der Waals surface area contributed by atoms with Crippen molar-refractivity contribution in [3.8, 4) is 0 Å². The summed E-state index contributed by atoms with van der Waals surface area (Å²) in [5, 5.41) is 11.5. The summed E-state index contributed by atoms with van der Waals surface area (Å²) in [4.78, 5) is 2.29. The third kappa shape index (κ3) is 6.41. The number of ether oxygens (including phenoxy) is 1. The smallest absolute Gasteiger partial charge is 0.0918 e. The summed E-state index contributed by atoms with van der Waals surface area (Å²) in [7, 11) is 1.71. The summed E-state index contributed by atoms with van der Waals surface area (Å²) in [5.41, 5.74) is 6.76. The fourth-order valence-corrected chi connectivity index (χ4v) is 2.26. The summed E-state index contributed by atoms with van der Waals surface area (Å²) < 4.78 is 5.09. The third-order valence-corrected chi connectivity index (χ3v) is 3.34. The van der Waals surface area contributed by atoms with E-state index in [1.165, 1.54) is 5.56 Å². The normalized spacial score (nSPS) is 10.9. The van der Waals surface area contributed by atoms with Gasteiger partial charge in [-0.25, -0.2) is 0 Å². The molecule has 3 N–H and O–H groups in total. The number of nitrogens with two attached hydrogens (primary N) is 1. The van der Waals surface area contributed by atoms with E-state index in [0.717, 1.165) is 32.7 Å². The van der Waals surface area contributed by atoms with E-state index >= 15 is 0 Å². The first-order valence-electron chi connectivity index (χ1n) is 5.77. The van der Waals surface area contributed by atoms with Crippen LogP contribution < -0.4 is 5.73 Å². The zero-order valence-electron chi connectivity index (χ0n) is 10.3. The maximum atomic E-state index is 7.26. The summed E-state index contributed by atoms with van der Waals surface area (Å²) in [5.74, 6) is 0.253. The second kappa shape index (κ2) is 8.22. The van der Waals surface area contributed by atoms with E-state index in [1.807, 2.05) is 0 Å². The van der Waals surface area contributed by atoms with Crippen molar-refractivity contribution in [2.45, 2.75) is 12.8 Å². The van der Waals surface area contributed by atoms with Crippen LogP contribution in [0.5, 0.6) is 0 Å². The maximum Gasteiger partial charge on any atom is 0.0918 e. The Balaban J connectivity index is 2.31. The molecule has 1 aromatic heterocycles. The average Bonchev–Trinajstić information content (AvgIpc) is 2.80. The molecule has 0 fully saturated rings. The molecule has 1 aromatic rings. The zero-order valence-corrected chi connectivity index (χ0v) is 11.1. The van der Waals surface area contributed by atoms with E-state index in [9.17, 15) is 0 Å². The number of methoxy groups -OCH3 is 1. The first-order chi connectivity index (χ1) is 8.22. The molecule has 96 valence electrons. The van der Waals surface area contributed by atoms with Gasteiger partial charge >= 0.3 is 0 Å². The van der Waals surface area contributed by atoms with Gasteiger partial charge in [-0.1, -0.05) is 0 Å². The number of nitrogens with zero attached hydrogens (tertiary/aromatic N) is 1. The predicted molar refractivity (Wildman–Crippen MR) is 72.9 cm³/mol. The minimum Gasteiger partial charge on any atom is -0.388 e. The van der Waals surface area contributed by atoms with Gasteiger partial charge in [-0.3, -0.25) is 5.41 Å². The second-order valence-electron chi connectivity index (χ2n) is 3.99. The van der Waals surface area contributed by atoms with Crippen LogP contribution in [0.15, 0.2) is 16.8 Å². The fourth-order valence-electron chi connectivity index (χ4n) is 1.56. The fraction of sp³-hybridized carbons (Fsp3) is 0.583. The molecule has 17 heavy (non-hydrogen) atoms. The summed E-state index contributed by atoms with van der Waals surface area (Å²) >= 11 is 1.73. The van der Waals surface area contributed by atoms with Crippen LogP contribution in [-0.4, -0.2) is 44.1 Å². The van der Waals surface area contributed by atoms with Gasteiger partial charge in [-0.05, 0) is 28.8 Å². The van der Waals surface area contributed by atoms with Gasteiger partial charge in [-0.2, -0.15) is 11.3 Å². The molecule has 1 rings (SSSR count). The lowest BCUT2D eigenvalue weighted by molar-refractivity contribution is 0.150. The van der Waals surface area contributed by atoms with Crippen molar-refractivity contribution in [2.24, 2.45) is 5.73 Å². The van der Waals surface area contributed by atoms with Crippen LogP contribution >= 0.6 is 11.3 Å². The Labute approximate surface area is 107 Å². The van der Waals surface area contributed by atoms with Crippen molar-refractivity contribution in [3.63, 3.8) is 0 Å². The highest BCUT2D eigenvalue weighted by molar-refractivity contribution is 7.07. The van der Waals surface area contributed by atoms with Gasteiger partial charge in [0.15, 0.2) is 0 Å². The Morgan fingerprint density at radius 3 is 2.88 bits per heavy atom. The Morgan fingerprint density at radius 1 is 1.47 bits per heavy atom. The molecule has 0 amide bonds. The topological polar surface area (TPSA) is 62.3 Å². The van der Waals surface area contributed by atoms with Crippen molar-refractivity contribution in [1.82, 2.24) is 4.90 Å². The van der Waals surface area contributed by atoms with E-state index < -0.39 is 0 Å². The highest BCUT2D eigenvalue weighted by Crippen LogP contribution is 2.07. The Kier molecular flexibility index (Phi) is 6.84. The lowest BCUT2D eigenvalue weighted by Crippen LogP contribution is -2.32. The lowest BCUT2D eigenvalue weighted by Gasteiger charge is -2.21. The number of rotatable bonds is 9. The molecule has 0 aliphatic rings. The molecule has 0 aromatic carbocycles. The number of amidine groups is 1. The van der Waals surface area contributed by atoms with Crippen molar-refractivity contribution in [3.05, 3.63) is 22.4 Å². The molecule has 0 aliphatic carbocycles. The van der Waals surface area contributed by atoms with Crippen molar-refractivity contribution in [1.29, 1.82) is 5.41 Å². The van der Waals surface area contributed by atoms with Gasteiger partial charge in [0.25, 0.3) is 0 Å². The van der Waals surface area contributed by atoms with Gasteiger partial charge in [-0.15, -0.1) is 0 Å². The Hall–Kier alpha value is -0.910. The van der Waals surface area contributed by atoms with Gasteiger partial charge in [0.1, 0.15) is 0 Å². The molecule has 0 spiro atoms. The summed E-state index contributed by atoms with van der Waals surface area (Å²) in [6.07, 6.45) is 1.68. The first-order valence-corrected chi connectivity index (χ1v) is 6.72. The Bertz CT molecular complexity index is 314.